The third kappa shape index (κ3) is 6.35. The van der Waals surface area contributed by atoms with Crippen molar-refractivity contribution in [2.24, 2.45) is 0 Å². The normalized spacial score (nSPS) is 14.3. The van der Waals surface area contributed by atoms with Crippen LogP contribution in [-0.2, 0) is 9.59 Å². The van der Waals surface area contributed by atoms with Crippen LogP contribution >= 0.6 is 0 Å². The van der Waals surface area contributed by atoms with Gasteiger partial charge >= 0.3 is 0 Å². The zero-order valence-corrected chi connectivity index (χ0v) is 22.4. The standard InChI is InChI=1S/C31H41N3O3/c1-3-5-7-8-9-10-11-20-29(35)32(21-6-4-2)24-30(36)34-26-17-13-12-16-25(26)33-22-14-18-27(33)31(34)28-19-15-23-37-28/h12-19,22-23,31H,3-11,20-21,24H2,1-2H3/t31-/m1/s1. The molecule has 3 heterocycles. The summed E-state index contributed by atoms with van der Waals surface area (Å²) in [5.74, 6) is 0.696. The van der Waals surface area contributed by atoms with E-state index in [4.69, 9.17) is 4.42 Å². The van der Waals surface area contributed by atoms with Crippen molar-refractivity contribution in [1.29, 1.82) is 0 Å². The molecule has 3 aromatic rings. The second-order valence-corrected chi connectivity index (χ2v) is 10.0. The number of benzene rings is 1. The highest BCUT2D eigenvalue weighted by molar-refractivity contribution is 6.00. The zero-order valence-electron chi connectivity index (χ0n) is 22.4. The van der Waals surface area contributed by atoms with Crippen LogP contribution in [-0.4, -0.2) is 34.4 Å². The molecular formula is C31H41N3O3. The number of furan rings is 1. The number of unbranched alkanes of at least 4 members (excludes halogenated alkanes) is 7. The maximum Gasteiger partial charge on any atom is 0.247 e. The summed E-state index contributed by atoms with van der Waals surface area (Å²) in [5.41, 5.74) is 2.75. The fourth-order valence-corrected chi connectivity index (χ4v) is 5.25. The molecule has 0 saturated carbocycles. The maximum atomic E-state index is 14.0. The van der Waals surface area contributed by atoms with E-state index in [0.717, 1.165) is 42.8 Å². The first-order valence-corrected chi connectivity index (χ1v) is 14.1. The summed E-state index contributed by atoms with van der Waals surface area (Å²) in [7, 11) is 0. The maximum absolute atomic E-state index is 14.0. The van der Waals surface area contributed by atoms with E-state index < -0.39 is 6.04 Å². The summed E-state index contributed by atoms with van der Waals surface area (Å²) in [6, 6.07) is 15.3. The summed E-state index contributed by atoms with van der Waals surface area (Å²) < 4.78 is 7.94. The van der Waals surface area contributed by atoms with Crippen molar-refractivity contribution in [1.82, 2.24) is 9.47 Å². The van der Waals surface area contributed by atoms with E-state index in [9.17, 15) is 9.59 Å². The van der Waals surface area contributed by atoms with Crippen molar-refractivity contribution in [3.63, 3.8) is 0 Å². The lowest BCUT2D eigenvalue weighted by atomic mass is 10.0. The van der Waals surface area contributed by atoms with E-state index in [1.165, 1.54) is 32.1 Å². The minimum Gasteiger partial charge on any atom is -0.467 e. The van der Waals surface area contributed by atoms with E-state index in [-0.39, 0.29) is 18.4 Å². The van der Waals surface area contributed by atoms with Crippen LogP contribution in [0.15, 0.2) is 65.4 Å². The van der Waals surface area contributed by atoms with Gasteiger partial charge in [-0.1, -0.05) is 70.9 Å². The van der Waals surface area contributed by atoms with Crippen molar-refractivity contribution in [3.8, 4) is 5.69 Å². The van der Waals surface area contributed by atoms with Crippen LogP contribution in [0.5, 0.6) is 0 Å². The van der Waals surface area contributed by atoms with Gasteiger partial charge in [0, 0.05) is 19.2 Å². The molecule has 0 spiro atoms. The van der Waals surface area contributed by atoms with Crippen molar-refractivity contribution in [2.45, 2.75) is 84.1 Å². The second kappa shape index (κ2) is 13.3. The molecule has 198 valence electrons. The number of para-hydroxylation sites is 2. The number of nitrogens with zero attached hydrogens (tertiary/aromatic N) is 3. The smallest absolute Gasteiger partial charge is 0.247 e. The molecule has 0 saturated heterocycles. The Morgan fingerprint density at radius 2 is 1.57 bits per heavy atom. The molecular weight excluding hydrogens is 462 g/mol. The molecule has 37 heavy (non-hydrogen) atoms. The number of carbonyl (C=O) groups is 2. The largest absolute Gasteiger partial charge is 0.467 e. The summed E-state index contributed by atoms with van der Waals surface area (Å²) >= 11 is 0. The van der Waals surface area contributed by atoms with Crippen LogP contribution in [0, 0.1) is 0 Å². The lowest BCUT2D eigenvalue weighted by Gasteiger charge is -2.38. The number of anilines is 1. The van der Waals surface area contributed by atoms with Crippen LogP contribution in [0.1, 0.15) is 95.6 Å². The van der Waals surface area contributed by atoms with Crippen LogP contribution in [0.3, 0.4) is 0 Å². The summed E-state index contributed by atoms with van der Waals surface area (Å²) in [5, 5.41) is 0. The van der Waals surface area contributed by atoms with Crippen molar-refractivity contribution < 1.29 is 14.0 Å². The fourth-order valence-electron chi connectivity index (χ4n) is 5.25. The fraction of sp³-hybridized carbons (Fsp3) is 0.484. The molecule has 6 heteroatoms. The highest BCUT2D eigenvalue weighted by atomic mass is 16.3. The molecule has 0 aliphatic carbocycles. The number of carbonyl (C=O) groups excluding carboxylic acids is 2. The van der Waals surface area contributed by atoms with E-state index >= 15 is 0 Å². The average Bonchev–Trinajstić information content (AvgIpc) is 3.62. The third-order valence-electron chi connectivity index (χ3n) is 7.26. The number of hydrogen-bond acceptors (Lipinski definition) is 3. The van der Waals surface area contributed by atoms with Gasteiger partial charge in [-0.15, -0.1) is 0 Å². The Balaban J connectivity index is 1.51. The Kier molecular flexibility index (Phi) is 9.64. The minimum absolute atomic E-state index is 0.0710. The Labute approximate surface area is 221 Å². The SMILES string of the molecule is CCCCCCCCCC(=O)N(CCCC)CC(=O)N1c2ccccc2-n2cccc2[C@@H]1c1ccco1. The highest BCUT2D eigenvalue weighted by Crippen LogP contribution is 2.42. The summed E-state index contributed by atoms with van der Waals surface area (Å²) in [6.45, 7) is 5.01. The molecule has 1 aliphatic rings. The van der Waals surface area contributed by atoms with Crippen LogP contribution < -0.4 is 4.90 Å². The van der Waals surface area contributed by atoms with Gasteiger partial charge in [0.1, 0.15) is 18.3 Å². The van der Waals surface area contributed by atoms with Crippen LogP contribution in [0.2, 0.25) is 0 Å². The molecule has 0 N–H and O–H groups in total. The third-order valence-corrected chi connectivity index (χ3v) is 7.26. The molecule has 0 bridgehead atoms. The van der Waals surface area contributed by atoms with Crippen molar-refractivity contribution in [3.05, 3.63) is 72.4 Å². The second-order valence-electron chi connectivity index (χ2n) is 10.0. The molecule has 1 aromatic carbocycles. The summed E-state index contributed by atoms with van der Waals surface area (Å²) in [4.78, 5) is 30.9. The molecule has 2 aromatic heterocycles. The first kappa shape index (κ1) is 26.8. The zero-order chi connectivity index (χ0) is 26.0. The van der Waals surface area contributed by atoms with Gasteiger partial charge in [0.15, 0.2) is 0 Å². The van der Waals surface area contributed by atoms with Gasteiger partial charge in [-0.2, -0.15) is 0 Å². The van der Waals surface area contributed by atoms with E-state index in [0.29, 0.717) is 18.7 Å². The first-order chi connectivity index (χ1) is 18.2. The Morgan fingerprint density at radius 1 is 0.838 bits per heavy atom. The highest BCUT2D eigenvalue weighted by Gasteiger charge is 2.38. The van der Waals surface area contributed by atoms with E-state index in [1.54, 1.807) is 11.2 Å². The quantitative estimate of drug-likeness (QED) is 0.217. The number of rotatable bonds is 14. The number of hydrogen-bond donors (Lipinski definition) is 0. The number of fused-ring (bicyclic) bond motifs is 3. The summed E-state index contributed by atoms with van der Waals surface area (Å²) in [6.07, 6.45) is 14.2. The Hall–Kier alpha value is -3.28. The lowest BCUT2D eigenvalue weighted by Crippen LogP contribution is -2.47. The molecule has 1 aliphatic heterocycles. The Morgan fingerprint density at radius 3 is 2.30 bits per heavy atom. The van der Waals surface area contributed by atoms with E-state index in [2.05, 4.69) is 18.4 Å². The minimum atomic E-state index is -0.390. The van der Waals surface area contributed by atoms with Gasteiger partial charge in [-0.3, -0.25) is 14.5 Å². The molecule has 1 atom stereocenters. The molecule has 0 fully saturated rings. The van der Waals surface area contributed by atoms with Gasteiger partial charge in [-0.25, -0.2) is 0 Å². The predicted octanol–water partition coefficient (Wildman–Crippen LogP) is 7.28. The van der Waals surface area contributed by atoms with Gasteiger partial charge in [0.05, 0.1) is 23.3 Å². The number of amides is 2. The van der Waals surface area contributed by atoms with Gasteiger partial charge in [0.25, 0.3) is 0 Å². The van der Waals surface area contributed by atoms with Crippen molar-refractivity contribution >= 4 is 17.5 Å². The molecule has 0 unspecified atom stereocenters. The van der Waals surface area contributed by atoms with Gasteiger partial charge in [0.2, 0.25) is 11.8 Å². The van der Waals surface area contributed by atoms with E-state index in [1.807, 2.05) is 59.6 Å². The van der Waals surface area contributed by atoms with Gasteiger partial charge in [-0.05, 0) is 49.2 Å². The molecule has 0 radical (unpaired) electrons. The monoisotopic (exact) mass is 503 g/mol. The average molecular weight is 504 g/mol. The lowest BCUT2D eigenvalue weighted by molar-refractivity contribution is -0.135. The molecule has 4 rings (SSSR count). The van der Waals surface area contributed by atoms with Crippen LogP contribution in [0.25, 0.3) is 5.69 Å². The number of aromatic nitrogens is 1. The Bertz CT molecular complexity index is 1130. The van der Waals surface area contributed by atoms with Crippen LogP contribution in [0.4, 0.5) is 5.69 Å². The van der Waals surface area contributed by atoms with Crippen molar-refractivity contribution in [2.75, 3.05) is 18.0 Å². The molecule has 2 amide bonds. The predicted molar refractivity (Wildman–Crippen MR) is 148 cm³/mol. The topological polar surface area (TPSA) is 58.7 Å². The first-order valence-electron chi connectivity index (χ1n) is 14.1. The van der Waals surface area contributed by atoms with Gasteiger partial charge < -0.3 is 13.9 Å². The molecule has 6 nitrogen and oxygen atoms in total.